The molecule has 9 heteroatoms. The number of pyridine rings is 1. The predicted molar refractivity (Wildman–Crippen MR) is 139 cm³/mol. The van der Waals surface area contributed by atoms with Crippen LogP contribution in [0.25, 0.3) is 22.5 Å². The number of aromatic hydroxyl groups is 1. The van der Waals surface area contributed by atoms with Crippen LogP contribution in [0.3, 0.4) is 0 Å². The highest BCUT2D eigenvalue weighted by Gasteiger charge is 2.49. The molecule has 2 saturated heterocycles. The lowest BCUT2D eigenvalue weighted by molar-refractivity contribution is 0.0766. The molecular formula is C28H32N6O3. The largest absolute Gasteiger partial charge is 0.507 e. The summed E-state index contributed by atoms with van der Waals surface area (Å²) in [6.07, 6.45) is 11.9. The van der Waals surface area contributed by atoms with Crippen LogP contribution >= 0.6 is 0 Å². The first kappa shape index (κ1) is 22.7. The van der Waals surface area contributed by atoms with Gasteiger partial charge in [-0.1, -0.05) is 6.07 Å². The van der Waals surface area contributed by atoms with Crippen LogP contribution < -0.4 is 19.7 Å². The number of phenols is 1. The molecule has 3 aromatic rings. The summed E-state index contributed by atoms with van der Waals surface area (Å²) in [5, 5.41) is 23.9. The fourth-order valence-electron chi connectivity index (χ4n) is 6.72. The predicted octanol–water partition coefficient (Wildman–Crippen LogP) is 4.46. The van der Waals surface area contributed by atoms with E-state index in [4.69, 9.17) is 9.47 Å². The Balaban J connectivity index is 1.14. The number of phenolic OH excluding ortho intramolecular Hbond substituents is 1. The number of hydrogen-bond acceptors (Lipinski definition) is 9. The maximum atomic E-state index is 10.8. The van der Waals surface area contributed by atoms with Gasteiger partial charge in [0.05, 0.1) is 11.8 Å². The molecule has 4 aliphatic rings. The molecule has 7 rings (SSSR count). The second kappa shape index (κ2) is 8.28. The van der Waals surface area contributed by atoms with Crippen molar-refractivity contribution in [2.45, 2.75) is 82.0 Å². The van der Waals surface area contributed by atoms with Gasteiger partial charge in [-0.25, -0.2) is 9.97 Å². The first-order valence-corrected chi connectivity index (χ1v) is 13.2. The number of nitrogens with zero attached hydrogens (tertiary/aromatic N) is 5. The van der Waals surface area contributed by atoms with Gasteiger partial charge in [-0.2, -0.15) is 0 Å². The van der Waals surface area contributed by atoms with Crippen molar-refractivity contribution in [1.29, 1.82) is 0 Å². The van der Waals surface area contributed by atoms with Gasteiger partial charge in [0.1, 0.15) is 5.75 Å². The molecule has 3 atom stereocenters. The molecule has 1 aromatic carbocycles. The summed E-state index contributed by atoms with van der Waals surface area (Å²) in [6.45, 7) is 4.92. The quantitative estimate of drug-likeness (QED) is 0.525. The Hall–Kier alpha value is -3.46. The summed E-state index contributed by atoms with van der Waals surface area (Å²) in [6, 6.07) is 8.23. The molecule has 3 fully saturated rings. The Kier molecular flexibility index (Phi) is 5.08. The van der Waals surface area contributed by atoms with E-state index in [0.717, 1.165) is 29.8 Å². The minimum Gasteiger partial charge on any atom is -0.507 e. The van der Waals surface area contributed by atoms with E-state index in [1.54, 1.807) is 12.3 Å². The van der Waals surface area contributed by atoms with E-state index in [-0.39, 0.29) is 23.6 Å². The number of ether oxygens (including phenoxy) is 2. The van der Waals surface area contributed by atoms with Gasteiger partial charge in [0.2, 0.25) is 6.79 Å². The standard InChI is InChI=1S/C28H32N6O3/c1-27-8-3-9-28(2,33-27)13-20(12-27)34(19-5-6-19)24-15-29-25(32-31-24)21-7-4-17(10-22(21)35)18-11-23-26(30-14-18)37-16-36-23/h4,7,10-11,14-15,19-20,33,35H,3,5-6,8-9,12-13,16H2,1-2H3/t20?,27-,28+. The van der Waals surface area contributed by atoms with Crippen molar-refractivity contribution in [3.05, 3.63) is 36.7 Å². The molecule has 3 aliphatic heterocycles. The molecule has 2 bridgehead atoms. The van der Waals surface area contributed by atoms with Gasteiger partial charge in [0.15, 0.2) is 17.4 Å². The number of fused-ring (bicyclic) bond motifs is 3. The number of hydrogen-bond donors (Lipinski definition) is 2. The molecule has 37 heavy (non-hydrogen) atoms. The van der Waals surface area contributed by atoms with Crippen LogP contribution in [0.4, 0.5) is 5.82 Å². The van der Waals surface area contributed by atoms with Gasteiger partial charge in [0, 0.05) is 34.9 Å². The molecule has 9 nitrogen and oxygen atoms in total. The average Bonchev–Trinajstić information content (AvgIpc) is 3.58. The summed E-state index contributed by atoms with van der Waals surface area (Å²) in [5.74, 6) is 2.43. The second-order valence-electron chi connectivity index (χ2n) is 11.6. The van der Waals surface area contributed by atoms with Crippen LogP contribution in [0.2, 0.25) is 0 Å². The van der Waals surface area contributed by atoms with E-state index in [9.17, 15) is 5.11 Å². The van der Waals surface area contributed by atoms with Gasteiger partial charge in [0.25, 0.3) is 5.88 Å². The van der Waals surface area contributed by atoms with Gasteiger partial charge < -0.3 is 24.8 Å². The SMILES string of the molecule is C[C@]12CCC[C@](C)(CC(N(c3cnc(-c4ccc(-c5cnc6c(c5)OCO6)cc4O)nn3)C3CC3)C1)N2. The molecule has 0 amide bonds. The molecule has 0 spiro atoms. The van der Waals surface area contributed by atoms with Crippen LogP contribution in [-0.4, -0.2) is 55.2 Å². The van der Waals surface area contributed by atoms with Crippen molar-refractivity contribution in [2.24, 2.45) is 0 Å². The Morgan fingerprint density at radius 2 is 1.76 bits per heavy atom. The minimum atomic E-state index is 0.0933. The molecule has 5 heterocycles. The van der Waals surface area contributed by atoms with E-state index < -0.39 is 0 Å². The van der Waals surface area contributed by atoms with E-state index in [2.05, 4.69) is 44.2 Å². The van der Waals surface area contributed by atoms with Gasteiger partial charge in [-0.3, -0.25) is 0 Å². The van der Waals surface area contributed by atoms with Gasteiger partial charge >= 0.3 is 0 Å². The molecule has 1 aliphatic carbocycles. The van der Waals surface area contributed by atoms with Gasteiger partial charge in [-0.05, 0) is 82.6 Å². The number of piperidine rings is 2. The fourth-order valence-corrected chi connectivity index (χ4v) is 6.72. The highest BCUT2D eigenvalue weighted by molar-refractivity contribution is 5.73. The van der Waals surface area contributed by atoms with Crippen molar-refractivity contribution >= 4 is 5.82 Å². The topological polar surface area (TPSA) is 106 Å². The first-order chi connectivity index (χ1) is 17.9. The van der Waals surface area contributed by atoms with Crippen molar-refractivity contribution in [1.82, 2.24) is 25.5 Å². The maximum Gasteiger partial charge on any atom is 0.260 e. The molecule has 0 radical (unpaired) electrons. The number of benzene rings is 1. The minimum absolute atomic E-state index is 0.0933. The van der Waals surface area contributed by atoms with E-state index in [1.807, 2.05) is 24.4 Å². The third kappa shape index (κ3) is 4.15. The first-order valence-electron chi connectivity index (χ1n) is 13.2. The summed E-state index contributed by atoms with van der Waals surface area (Å²) < 4.78 is 10.7. The average molecular weight is 501 g/mol. The lowest BCUT2D eigenvalue weighted by Gasteiger charge is -2.55. The van der Waals surface area contributed by atoms with Crippen LogP contribution in [0, 0.1) is 0 Å². The van der Waals surface area contributed by atoms with Crippen LogP contribution in [0.15, 0.2) is 36.7 Å². The Labute approximate surface area is 216 Å². The molecule has 192 valence electrons. The number of nitrogens with one attached hydrogen (secondary N) is 1. The zero-order chi connectivity index (χ0) is 25.2. The lowest BCUT2D eigenvalue weighted by Crippen LogP contribution is -2.67. The number of aromatic nitrogens is 4. The van der Waals surface area contributed by atoms with Crippen LogP contribution in [-0.2, 0) is 0 Å². The maximum absolute atomic E-state index is 10.8. The molecule has 2 N–H and O–H groups in total. The third-order valence-electron chi connectivity index (χ3n) is 8.38. The summed E-state index contributed by atoms with van der Waals surface area (Å²) in [4.78, 5) is 11.4. The van der Waals surface area contributed by atoms with E-state index in [0.29, 0.717) is 35.1 Å². The highest BCUT2D eigenvalue weighted by Crippen LogP contribution is 2.45. The molecule has 1 saturated carbocycles. The smallest absolute Gasteiger partial charge is 0.260 e. The number of rotatable bonds is 5. The fraction of sp³-hybridized carbons (Fsp3) is 0.500. The van der Waals surface area contributed by atoms with Crippen molar-refractivity contribution in [3.8, 4) is 39.9 Å². The zero-order valence-corrected chi connectivity index (χ0v) is 21.3. The highest BCUT2D eigenvalue weighted by atomic mass is 16.7. The summed E-state index contributed by atoms with van der Waals surface area (Å²) in [5.41, 5.74) is 2.53. The zero-order valence-electron chi connectivity index (χ0n) is 21.3. The van der Waals surface area contributed by atoms with Gasteiger partial charge in [-0.15, -0.1) is 10.2 Å². The molecule has 1 unspecified atom stereocenters. The Bertz CT molecular complexity index is 1330. The van der Waals surface area contributed by atoms with Crippen molar-refractivity contribution in [3.63, 3.8) is 0 Å². The monoisotopic (exact) mass is 500 g/mol. The normalized spacial score (nSPS) is 28.2. The molecule has 2 aromatic heterocycles. The third-order valence-corrected chi connectivity index (χ3v) is 8.38. The van der Waals surface area contributed by atoms with Crippen molar-refractivity contribution < 1.29 is 14.6 Å². The van der Waals surface area contributed by atoms with E-state index in [1.165, 1.54) is 32.1 Å². The lowest BCUT2D eigenvalue weighted by atomic mass is 9.69. The molecular weight excluding hydrogens is 468 g/mol. The van der Waals surface area contributed by atoms with Crippen LogP contribution in [0.1, 0.15) is 58.8 Å². The number of anilines is 1. The van der Waals surface area contributed by atoms with Crippen LogP contribution in [0.5, 0.6) is 17.4 Å². The van der Waals surface area contributed by atoms with Crippen molar-refractivity contribution in [2.75, 3.05) is 11.7 Å². The summed E-state index contributed by atoms with van der Waals surface area (Å²) >= 11 is 0. The Morgan fingerprint density at radius 1 is 0.946 bits per heavy atom. The van der Waals surface area contributed by atoms with E-state index >= 15 is 0 Å². The Morgan fingerprint density at radius 3 is 2.46 bits per heavy atom. The summed E-state index contributed by atoms with van der Waals surface area (Å²) in [7, 11) is 0. The second-order valence-corrected chi connectivity index (χ2v) is 11.6.